The maximum atomic E-state index is 12.5. The molecular weight excluding hydrogens is 416 g/mol. The molecule has 0 unspecified atom stereocenters. The molecule has 1 saturated heterocycles. The average molecular weight is 437 g/mol. The second-order valence-corrected chi connectivity index (χ2v) is 8.52. The third-order valence-corrected chi connectivity index (χ3v) is 6.13. The Hall–Kier alpha value is -2.96. The molecule has 2 aromatic carbocycles. The third-order valence-electron chi connectivity index (χ3n) is 4.82. The second-order valence-electron chi connectivity index (χ2n) is 7.08. The molecule has 1 aliphatic heterocycles. The summed E-state index contributed by atoms with van der Waals surface area (Å²) in [7, 11) is 4.03. The lowest BCUT2D eigenvalue weighted by Gasteiger charge is -2.13. The fourth-order valence-electron chi connectivity index (χ4n) is 3.10. The minimum Gasteiger partial charge on any atom is -0.378 e. The van der Waals surface area contributed by atoms with E-state index >= 15 is 0 Å². The number of aliphatic imine (C=N–C) groups is 1. The number of aromatic nitrogens is 1. The van der Waals surface area contributed by atoms with Gasteiger partial charge in [0.2, 0.25) is 0 Å². The minimum atomic E-state index is -0.158. The van der Waals surface area contributed by atoms with E-state index < -0.39 is 0 Å². The van der Waals surface area contributed by atoms with Crippen molar-refractivity contribution in [3.63, 3.8) is 0 Å². The van der Waals surface area contributed by atoms with Gasteiger partial charge >= 0.3 is 0 Å². The number of benzene rings is 2. The summed E-state index contributed by atoms with van der Waals surface area (Å²) in [5.74, 6) is -0.158. The molecule has 152 valence electrons. The summed E-state index contributed by atoms with van der Waals surface area (Å²) >= 11 is 7.50. The molecule has 0 saturated carbocycles. The molecule has 2 heterocycles. The van der Waals surface area contributed by atoms with Crippen molar-refractivity contribution in [1.82, 2.24) is 9.88 Å². The molecule has 1 fully saturated rings. The van der Waals surface area contributed by atoms with Crippen molar-refractivity contribution in [2.24, 2.45) is 4.99 Å². The Balaban J connectivity index is 1.60. The van der Waals surface area contributed by atoms with Crippen LogP contribution in [0.15, 0.2) is 70.7 Å². The van der Waals surface area contributed by atoms with E-state index in [1.165, 1.54) is 11.8 Å². The van der Waals surface area contributed by atoms with E-state index in [4.69, 9.17) is 11.6 Å². The number of nitrogens with zero attached hydrogens (tertiary/aromatic N) is 3. The lowest BCUT2D eigenvalue weighted by Crippen LogP contribution is -2.19. The summed E-state index contributed by atoms with van der Waals surface area (Å²) in [4.78, 5) is 19.7. The molecule has 7 heteroatoms. The Kier molecular flexibility index (Phi) is 5.70. The monoisotopic (exact) mass is 436 g/mol. The Morgan fingerprint density at radius 1 is 1.10 bits per heavy atom. The highest BCUT2D eigenvalue weighted by Gasteiger charge is 2.24. The zero-order valence-corrected chi connectivity index (χ0v) is 18.5. The summed E-state index contributed by atoms with van der Waals surface area (Å²) in [5.41, 5.74) is 4.72. The summed E-state index contributed by atoms with van der Waals surface area (Å²) in [6.45, 7) is 1.91. The van der Waals surface area contributed by atoms with Crippen molar-refractivity contribution in [2.45, 2.75) is 6.92 Å². The Morgan fingerprint density at radius 2 is 1.87 bits per heavy atom. The fourth-order valence-corrected chi connectivity index (χ4v) is 4.09. The van der Waals surface area contributed by atoms with Crippen LogP contribution in [0.1, 0.15) is 11.3 Å². The minimum absolute atomic E-state index is 0.158. The standard InChI is InChI=1S/C23H21ClN4OS/c1-15-19(24)7-4-8-20(15)25-23-26-22(29)21(30-23)14-18-6-5-13-28(18)17-11-9-16(10-12-17)27(2)3/h4-14H,1-3H3,(H,25,26,29)/b21-14-. The molecule has 4 rings (SSSR count). The number of thioether (sulfide) groups is 1. The number of amidine groups is 1. The van der Waals surface area contributed by atoms with Crippen LogP contribution in [0.3, 0.4) is 0 Å². The maximum Gasteiger partial charge on any atom is 0.264 e. The molecule has 0 aliphatic carbocycles. The highest BCUT2D eigenvalue weighted by atomic mass is 35.5. The van der Waals surface area contributed by atoms with Crippen LogP contribution in [0.4, 0.5) is 11.4 Å². The van der Waals surface area contributed by atoms with Gasteiger partial charge in [0, 0.05) is 42.4 Å². The normalized spacial score (nSPS) is 16.3. The van der Waals surface area contributed by atoms with Gasteiger partial charge in [-0.05, 0) is 78.9 Å². The molecule has 1 amide bonds. The van der Waals surface area contributed by atoms with Crippen molar-refractivity contribution >= 4 is 51.9 Å². The van der Waals surface area contributed by atoms with Crippen LogP contribution in [0, 0.1) is 6.92 Å². The zero-order chi connectivity index (χ0) is 21.3. The summed E-state index contributed by atoms with van der Waals surface area (Å²) in [6.07, 6.45) is 3.87. The maximum absolute atomic E-state index is 12.5. The zero-order valence-electron chi connectivity index (χ0n) is 16.9. The molecule has 30 heavy (non-hydrogen) atoms. The molecule has 1 N–H and O–H groups in total. The number of hydrogen-bond acceptors (Lipinski definition) is 4. The van der Waals surface area contributed by atoms with Gasteiger partial charge in [0.15, 0.2) is 5.17 Å². The van der Waals surface area contributed by atoms with Crippen LogP contribution in [0.2, 0.25) is 5.02 Å². The van der Waals surface area contributed by atoms with Gasteiger partial charge in [-0.1, -0.05) is 17.7 Å². The summed E-state index contributed by atoms with van der Waals surface area (Å²) < 4.78 is 2.05. The van der Waals surface area contributed by atoms with Crippen molar-refractivity contribution < 1.29 is 4.79 Å². The Morgan fingerprint density at radius 3 is 2.60 bits per heavy atom. The van der Waals surface area contributed by atoms with Gasteiger partial charge in [-0.15, -0.1) is 0 Å². The van der Waals surface area contributed by atoms with Gasteiger partial charge < -0.3 is 14.8 Å². The molecule has 5 nitrogen and oxygen atoms in total. The number of rotatable bonds is 4. The van der Waals surface area contributed by atoms with Gasteiger partial charge in [0.1, 0.15) is 0 Å². The lowest BCUT2D eigenvalue weighted by atomic mass is 10.2. The van der Waals surface area contributed by atoms with Gasteiger partial charge in [0.05, 0.1) is 10.6 Å². The first kappa shape index (κ1) is 20.3. The van der Waals surface area contributed by atoms with Crippen LogP contribution in [0.25, 0.3) is 11.8 Å². The average Bonchev–Trinajstić information content (AvgIpc) is 3.32. The van der Waals surface area contributed by atoms with Crippen molar-refractivity contribution in [3.8, 4) is 5.69 Å². The van der Waals surface area contributed by atoms with E-state index in [1.54, 1.807) is 0 Å². The van der Waals surface area contributed by atoms with Gasteiger partial charge in [0.25, 0.3) is 5.91 Å². The number of anilines is 1. The van der Waals surface area contributed by atoms with Crippen LogP contribution >= 0.6 is 23.4 Å². The summed E-state index contributed by atoms with van der Waals surface area (Å²) in [6, 6.07) is 17.8. The first-order chi connectivity index (χ1) is 14.4. The van der Waals surface area contributed by atoms with E-state index in [2.05, 4.69) is 44.0 Å². The summed E-state index contributed by atoms with van der Waals surface area (Å²) in [5, 5.41) is 4.04. The topological polar surface area (TPSA) is 49.6 Å². The van der Waals surface area contributed by atoms with Crippen molar-refractivity contribution in [2.75, 3.05) is 19.0 Å². The molecule has 3 aromatic rings. The van der Waals surface area contributed by atoms with E-state index in [9.17, 15) is 4.79 Å². The van der Waals surface area contributed by atoms with Crippen molar-refractivity contribution in [1.29, 1.82) is 0 Å². The number of carbonyl (C=O) groups is 1. The van der Waals surface area contributed by atoms with Crippen LogP contribution < -0.4 is 10.2 Å². The SMILES string of the molecule is Cc1c(Cl)cccc1N=C1NC(=O)/C(=C/c2cccn2-c2ccc(N(C)C)cc2)S1. The van der Waals surface area contributed by atoms with E-state index in [0.29, 0.717) is 15.1 Å². The molecular formula is C23H21ClN4OS. The largest absolute Gasteiger partial charge is 0.378 e. The molecule has 1 aliphatic rings. The van der Waals surface area contributed by atoms with Crippen LogP contribution in [-0.4, -0.2) is 29.7 Å². The number of halogens is 1. The number of amides is 1. The number of nitrogens with one attached hydrogen (secondary N) is 1. The van der Waals surface area contributed by atoms with Gasteiger partial charge in [-0.2, -0.15) is 0 Å². The molecule has 0 bridgehead atoms. The highest BCUT2D eigenvalue weighted by Crippen LogP contribution is 2.31. The number of hydrogen-bond donors (Lipinski definition) is 1. The van der Waals surface area contributed by atoms with E-state index in [0.717, 1.165) is 28.3 Å². The van der Waals surface area contributed by atoms with E-state index in [-0.39, 0.29) is 5.91 Å². The van der Waals surface area contributed by atoms with Crippen molar-refractivity contribution in [3.05, 3.63) is 82.0 Å². The van der Waals surface area contributed by atoms with Gasteiger partial charge in [-0.3, -0.25) is 4.79 Å². The van der Waals surface area contributed by atoms with E-state index in [1.807, 2.05) is 63.6 Å². The molecule has 0 radical (unpaired) electrons. The first-order valence-corrected chi connectivity index (χ1v) is 10.6. The lowest BCUT2D eigenvalue weighted by molar-refractivity contribution is -0.115. The third kappa shape index (κ3) is 4.15. The predicted molar refractivity (Wildman–Crippen MR) is 127 cm³/mol. The molecule has 0 atom stereocenters. The number of carbonyl (C=O) groups excluding carboxylic acids is 1. The van der Waals surface area contributed by atoms with Gasteiger partial charge in [-0.25, -0.2) is 4.99 Å². The fraction of sp³-hybridized carbons (Fsp3) is 0.130. The second kappa shape index (κ2) is 8.42. The Labute approximate surface area is 185 Å². The smallest absolute Gasteiger partial charge is 0.264 e. The predicted octanol–water partition coefficient (Wildman–Crippen LogP) is 5.40. The Bertz CT molecular complexity index is 1160. The highest BCUT2D eigenvalue weighted by molar-refractivity contribution is 8.18. The molecule has 0 spiro atoms. The molecule has 1 aromatic heterocycles. The van der Waals surface area contributed by atoms with Crippen LogP contribution in [0.5, 0.6) is 0 Å². The quantitative estimate of drug-likeness (QED) is 0.557. The van der Waals surface area contributed by atoms with Crippen LogP contribution in [-0.2, 0) is 4.79 Å². The first-order valence-electron chi connectivity index (χ1n) is 9.42.